The molecule has 0 saturated carbocycles. The van der Waals surface area contributed by atoms with Crippen molar-refractivity contribution in [1.82, 2.24) is 10.2 Å². The third kappa shape index (κ3) is 4.85. The van der Waals surface area contributed by atoms with Crippen molar-refractivity contribution in [2.45, 2.75) is 26.8 Å². The molecular formula is C19H24N2S. The highest BCUT2D eigenvalue weighted by atomic mass is 32.1. The molecule has 0 heterocycles. The quantitative estimate of drug-likeness (QED) is 0.844. The van der Waals surface area contributed by atoms with Crippen LogP contribution in [-0.2, 0) is 13.0 Å². The number of hydrogen-bond acceptors (Lipinski definition) is 1. The first-order chi connectivity index (χ1) is 10.6. The molecule has 22 heavy (non-hydrogen) atoms. The Bertz CT molecular complexity index is 623. The van der Waals surface area contributed by atoms with E-state index in [4.69, 9.17) is 12.2 Å². The molecule has 0 amide bonds. The SMILES string of the molecule is Cc1ccc(CN(C)C(=S)NCCc2ccccc2)cc1C. The summed E-state index contributed by atoms with van der Waals surface area (Å²) in [5.74, 6) is 0. The first-order valence-corrected chi connectivity index (χ1v) is 8.06. The van der Waals surface area contributed by atoms with Crippen LogP contribution in [-0.4, -0.2) is 23.6 Å². The number of nitrogens with one attached hydrogen (secondary N) is 1. The van der Waals surface area contributed by atoms with Crippen LogP contribution in [0.2, 0.25) is 0 Å². The second-order valence-electron chi connectivity index (χ2n) is 5.74. The van der Waals surface area contributed by atoms with Gasteiger partial charge in [0.2, 0.25) is 0 Å². The molecule has 0 aliphatic heterocycles. The molecule has 116 valence electrons. The third-order valence-electron chi connectivity index (χ3n) is 3.87. The molecule has 0 unspecified atom stereocenters. The van der Waals surface area contributed by atoms with Gasteiger partial charge in [-0.1, -0.05) is 48.5 Å². The lowest BCUT2D eigenvalue weighted by Gasteiger charge is -2.21. The average Bonchev–Trinajstić information content (AvgIpc) is 2.52. The summed E-state index contributed by atoms with van der Waals surface area (Å²) in [5.41, 5.74) is 5.27. The number of rotatable bonds is 5. The van der Waals surface area contributed by atoms with Gasteiger partial charge in [0.05, 0.1) is 0 Å². The Hall–Kier alpha value is -1.87. The van der Waals surface area contributed by atoms with Gasteiger partial charge in [-0.15, -0.1) is 0 Å². The van der Waals surface area contributed by atoms with E-state index in [9.17, 15) is 0 Å². The molecule has 0 atom stereocenters. The van der Waals surface area contributed by atoms with Gasteiger partial charge in [-0.05, 0) is 54.7 Å². The van der Waals surface area contributed by atoms with Crippen molar-refractivity contribution in [3.8, 4) is 0 Å². The zero-order chi connectivity index (χ0) is 15.9. The maximum Gasteiger partial charge on any atom is 0.168 e. The fraction of sp³-hybridized carbons (Fsp3) is 0.316. The summed E-state index contributed by atoms with van der Waals surface area (Å²) in [4.78, 5) is 2.09. The number of thiocarbonyl (C=S) groups is 1. The molecule has 0 aliphatic carbocycles. The standard InChI is InChI=1S/C19H24N2S/c1-15-9-10-18(13-16(15)2)14-21(3)19(22)20-12-11-17-7-5-4-6-8-17/h4-10,13H,11-12,14H2,1-3H3,(H,20,22). The van der Waals surface area contributed by atoms with Crippen LogP contribution in [0.4, 0.5) is 0 Å². The number of hydrogen-bond donors (Lipinski definition) is 1. The van der Waals surface area contributed by atoms with Crippen molar-refractivity contribution in [3.63, 3.8) is 0 Å². The Labute approximate surface area is 139 Å². The molecule has 0 saturated heterocycles. The highest BCUT2D eigenvalue weighted by Crippen LogP contribution is 2.11. The van der Waals surface area contributed by atoms with E-state index >= 15 is 0 Å². The monoisotopic (exact) mass is 312 g/mol. The largest absolute Gasteiger partial charge is 0.362 e. The smallest absolute Gasteiger partial charge is 0.168 e. The molecule has 0 radical (unpaired) electrons. The Kier molecular flexibility index (Phi) is 5.96. The van der Waals surface area contributed by atoms with E-state index in [1.807, 2.05) is 13.1 Å². The van der Waals surface area contributed by atoms with Crippen molar-refractivity contribution in [1.29, 1.82) is 0 Å². The molecule has 0 bridgehead atoms. The minimum Gasteiger partial charge on any atom is -0.362 e. The fourth-order valence-corrected chi connectivity index (χ4v) is 2.51. The topological polar surface area (TPSA) is 15.3 Å². The van der Waals surface area contributed by atoms with Gasteiger partial charge >= 0.3 is 0 Å². The molecule has 1 N–H and O–H groups in total. The molecule has 0 fully saturated rings. The van der Waals surface area contributed by atoms with Crippen LogP contribution in [0.25, 0.3) is 0 Å². The van der Waals surface area contributed by atoms with Crippen molar-refractivity contribution < 1.29 is 0 Å². The normalized spacial score (nSPS) is 10.3. The maximum absolute atomic E-state index is 5.46. The Morgan fingerprint density at radius 1 is 1.00 bits per heavy atom. The zero-order valence-corrected chi connectivity index (χ0v) is 14.4. The van der Waals surface area contributed by atoms with Gasteiger partial charge < -0.3 is 10.2 Å². The van der Waals surface area contributed by atoms with Gasteiger partial charge in [-0.25, -0.2) is 0 Å². The van der Waals surface area contributed by atoms with E-state index in [2.05, 4.69) is 66.5 Å². The Balaban J connectivity index is 1.80. The highest BCUT2D eigenvalue weighted by Gasteiger charge is 2.05. The molecular weight excluding hydrogens is 288 g/mol. The van der Waals surface area contributed by atoms with Gasteiger partial charge in [0.1, 0.15) is 0 Å². The molecule has 2 rings (SSSR count). The molecule has 3 heteroatoms. The van der Waals surface area contributed by atoms with Crippen LogP contribution in [0.3, 0.4) is 0 Å². The van der Waals surface area contributed by atoms with Crippen molar-refractivity contribution >= 4 is 17.3 Å². The fourth-order valence-electron chi connectivity index (χ4n) is 2.34. The summed E-state index contributed by atoms with van der Waals surface area (Å²) in [6.45, 7) is 5.98. The van der Waals surface area contributed by atoms with E-state index in [0.717, 1.165) is 24.6 Å². The predicted molar refractivity (Wildman–Crippen MR) is 98.1 cm³/mol. The van der Waals surface area contributed by atoms with Crippen LogP contribution in [0, 0.1) is 13.8 Å². The molecule has 2 nitrogen and oxygen atoms in total. The summed E-state index contributed by atoms with van der Waals surface area (Å²) in [5, 5.41) is 4.13. The van der Waals surface area contributed by atoms with Gasteiger partial charge in [-0.3, -0.25) is 0 Å². The van der Waals surface area contributed by atoms with E-state index in [1.165, 1.54) is 22.3 Å². The van der Waals surface area contributed by atoms with Crippen molar-refractivity contribution in [2.75, 3.05) is 13.6 Å². The Morgan fingerprint density at radius 2 is 1.73 bits per heavy atom. The van der Waals surface area contributed by atoms with Crippen molar-refractivity contribution in [3.05, 3.63) is 70.8 Å². The second kappa shape index (κ2) is 7.95. The van der Waals surface area contributed by atoms with E-state index in [-0.39, 0.29) is 0 Å². The second-order valence-corrected chi connectivity index (χ2v) is 6.13. The number of benzene rings is 2. The minimum absolute atomic E-state index is 0.800. The molecule has 2 aromatic carbocycles. The van der Waals surface area contributed by atoms with Gasteiger partial charge in [-0.2, -0.15) is 0 Å². The summed E-state index contributed by atoms with van der Waals surface area (Å²) < 4.78 is 0. The zero-order valence-electron chi connectivity index (χ0n) is 13.6. The molecule has 2 aromatic rings. The molecule has 0 spiro atoms. The van der Waals surface area contributed by atoms with Gasteiger partial charge in [0.15, 0.2) is 5.11 Å². The molecule has 0 aliphatic rings. The number of nitrogens with zero attached hydrogens (tertiary/aromatic N) is 1. The first kappa shape index (κ1) is 16.5. The average molecular weight is 312 g/mol. The lowest BCUT2D eigenvalue weighted by Crippen LogP contribution is -2.37. The molecule has 0 aromatic heterocycles. The summed E-state index contributed by atoms with van der Waals surface area (Å²) in [7, 11) is 2.03. The lowest BCUT2D eigenvalue weighted by atomic mass is 10.1. The van der Waals surface area contributed by atoms with Crippen LogP contribution in [0.1, 0.15) is 22.3 Å². The Morgan fingerprint density at radius 3 is 2.41 bits per heavy atom. The van der Waals surface area contributed by atoms with Crippen LogP contribution >= 0.6 is 12.2 Å². The number of aryl methyl sites for hydroxylation is 2. The predicted octanol–water partition coefficient (Wildman–Crippen LogP) is 3.85. The lowest BCUT2D eigenvalue weighted by molar-refractivity contribution is 0.489. The summed E-state index contributed by atoms with van der Waals surface area (Å²) in [6, 6.07) is 17.0. The van der Waals surface area contributed by atoms with Crippen LogP contribution < -0.4 is 5.32 Å². The third-order valence-corrected chi connectivity index (χ3v) is 4.33. The van der Waals surface area contributed by atoms with Gasteiger partial charge in [0, 0.05) is 20.1 Å². The summed E-state index contributed by atoms with van der Waals surface area (Å²) in [6.07, 6.45) is 0.985. The van der Waals surface area contributed by atoms with E-state index in [1.54, 1.807) is 0 Å². The minimum atomic E-state index is 0.800. The maximum atomic E-state index is 5.46. The van der Waals surface area contributed by atoms with E-state index < -0.39 is 0 Å². The first-order valence-electron chi connectivity index (χ1n) is 7.65. The van der Waals surface area contributed by atoms with Gasteiger partial charge in [0.25, 0.3) is 0 Å². The van der Waals surface area contributed by atoms with Crippen LogP contribution in [0.15, 0.2) is 48.5 Å². The van der Waals surface area contributed by atoms with Crippen LogP contribution in [0.5, 0.6) is 0 Å². The highest BCUT2D eigenvalue weighted by molar-refractivity contribution is 7.80. The summed E-state index contributed by atoms with van der Waals surface area (Å²) >= 11 is 5.46. The van der Waals surface area contributed by atoms with Crippen molar-refractivity contribution in [2.24, 2.45) is 0 Å². The van der Waals surface area contributed by atoms with E-state index in [0.29, 0.717) is 0 Å².